The average Bonchev–Trinajstić information content (AvgIpc) is 2.85. The maximum absolute atomic E-state index is 13.2. The number of likely N-dealkylation sites (tertiary alicyclic amines) is 1. The normalized spacial score (nSPS) is 14.5. The number of hydrogen-bond acceptors (Lipinski definition) is 6. The van der Waals surface area contributed by atoms with Crippen molar-refractivity contribution >= 4 is 11.9 Å². The van der Waals surface area contributed by atoms with Crippen LogP contribution in [0.2, 0.25) is 0 Å². The van der Waals surface area contributed by atoms with Crippen LogP contribution in [0.4, 0.5) is 0 Å². The van der Waals surface area contributed by atoms with Gasteiger partial charge in [0.2, 0.25) is 0 Å². The highest BCUT2D eigenvalue weighted by Gasteiger charge is 2.28. The van der Waals surface area contributed by atoms with Gasteiger partial charge < -0.3 is 14.4 Å². The molecule has 0 spiro atoms. The van der Waals surface area contributed by atoms with Crippen molar-refractivity contribution in [1.29, 1.82) is 5.26 Å². The Balaban J connectivity index is 1.61. The zero-order chi connectivity index (χ0) is 22.9. The highest BCUT2D eigenvalue weighted by molar-refractivity contribution is 5.94. The van der Waals surface area contributed by atoms with Gasteiger partial charge in [-0.25, -0.2) is 4.79 Å². The molecule has 1 heterocycles. The van der Waals surface area contributed by atoms with Crippen LogP contribution in [0.1, 0.15) is 44.7 Å². The summed E-state index contributed by atoms with van der Waals surface area (Å²) < 4.78 is 9.99. The molecule has 0 saturated carbocycles. The molecule has 0 radical (unpaired) electrons. The van der Waals surface area contributed by atoms with Crippen LogP contribution in [0.3, 0.4) is 0 Å². The third-order valence-corrected chi connectivity index (χ3v) is 5.81. The molecule has 0 bridgehead atoms. The van der Waals surface area contributed by atoms with E-state index in [-0.39, 0.29) is 17.9 Å². The second-order valence-electron chi connectivity index (χ2n) is 7.88. The minimum absolute atomic E-state index is 0.0593. The van der Waals surface area contributed by atoms with Crippen molar-refractivity contribution in [2.24, 2.45) is 0 Å². The van der Waals surface area contributed by atoms with E-state index in [0.29, 0.717) is 29.8 Å². The summed E-state index contributed by atoms with van der Waals surface area (Å²) in [6.45, 7) is 3.53. The lowest BCUT2D eigenvalue weighted by molar-refractivity contribution is 0.0478. The van der Waals surface area contributed by atoms with Crippen LogP contribution in [0.5, 0.6) is 0 Å². The maximum Gasteiger partial charge on any atom is 0.337 e. The molecule has 0 aromatic heterocycles. The second-order valence-corrected chi connectivity index (χ2v) is 7.88. The van der Waals surface area contributed by atoms with Crippen LogP contribution in [0.15, 0.2) is 48.5 Å². The molecule has 2 aromatic rings. The van der Waals surface area contributed by atoms with Crippen molar-refractivity contribution in [1.82, 2.24) is 9.80 Å². The summed E-state index contributed by atoms with van der Waals surface area (Å²) >= 11 is 0. The number of ether oxygens (including phenoxy) is 2. The van der Waals surface area contributed by atoms with E-state index in [1.54, 1.807) is 43.5 Å². The van der Waals surface area contributed by atoms with Crippen LogP contribution >= 0.6 is 0 Å². The first-order chi connectivity index (χ1) is 15.5. The van der Waals surface area contributed by atoms with Crippen molar-refractivity contribution in [2.45, 2.75) is 25.4 Å². The molecule has 7 heteroatoms. The summed E-state index contributed by atoms with van der Waals surface area (Å²) in [5.74, 6) is -0.394. The van der Waals surface area contributed by atoms with E-state index in [4.69, 9.17) is 14.7 Å². The Kier molecular flexibility index (Phi) is 8.37. The average molecular weight is 436 g/mol. The molecule has 0 unspecified atom stereocenters. The molecule has 1 aliphatic rings. The first-order valence-corrected chi connectivity index (χ1v) is 10.8. The summed E-state index contributed by atoms with van der Waals surface area (Å²) in [7, 11) is 3.01. The largest absolute Gasteiger partial charge is 0.465 e. The number of hydrogen-bond donors (Lipinski definition) is 0. The lowest BCUT2D eigenvalue weighted by Crippen LogP contribution is -2.48. The summed E-state index contributed by atoms with van der Waals surface area (Å²) in [6.07, 6.45) is 1.74. The minimum Gasteiger partial charge on any atom is -0.465 e. The van der Waals surface area contributed by atoms with Gasteiger partial charge >= 0.3 is 5.97 Å². The van der Waals surface area contributed by atoms with E-state index in [2.05, 4.69) is 11.0 Å². The molecular weight excluding hydrogens is 406 g/mol. The summed E-state index contributed by atoms with van der Waals surface area (Å²) in [5.41, 5.74) is 2.70. The summed E-state index contributed by atoms with van der Waals surface area (Å²) in [6, 6.07) is 16.6. The van der Waals surface area contributed by atoms with Crippen LogP contribution in [-0.2, 0) is 16.0 Å². The first kappa shape index (κ1) is 23.5. The number of piperidine rings is 1. The lowest BCUT2D eigenvalue weighted by Gasteiger charge is -2.38. The molecule has 2 aromatic carbocycles. The third-order valence-electron chi connectivity index (χ3n) is 5.81. The number of benzene rings is 2. The standard InChI is InChI=1S/C25H29N3O4/c1-31-15-14-28(24(29)22-5-3-4-20(16-22)17-26)23-10-12-27(13-11-23)18-19-6-8-21(9-7-19)25(30)32-2/h3-9,16,23H,10-15,18H2,1-2H3. The highest BCUT2D eigenvalue weighted by atomic mass is 16.5. The van der Waals surface area contributed by atoms with Gasteiger partial charge in [-0.05, 0) is 48.7 Å². The smallest absolute Gasteiger partial charge is 0.337 e. The zero-order valence-electron chi connectivity index (χ0n) is 18.6. The highest BCUT2D eigenvalue weighted by Crippen LogP contribution is 2.21. The van der Waals surface area contributed by atoms with Crippen molar-refractivity contribution in [3.63, 3.8) is 0 Å². The van der Waals surface area contributed by atoms with E-state index in [1.807, 2.05) is 17.0 Å². The zero-order valence-corrected chi connectivity index (χ0v) is 18.6. The van der Waals surface area contributed by atoms with Crippen LogP contribution in [-0.4, -0.2) is 68.2 Å². The number of carbonyl (C=O) groups excluding carboxylic acids is 2. The van der Waals surface area contributed by atoms with Crippen molar-refractivity contribution in [3.8, 4) is 6.07 Å². The third kappa shape index (κ3) is 5.94. The fraction of sp³-hybridized carbons (Fsp3) is 0.400. The van der Waals surface area contributed by atoms with Crippen LogP contribution in [0, 0.1) is 11.3 Å². The van der Waals surface area contributed by atoms with Gasteiger partial charge in [0, 0.05) is 44.9 Å². The summed E-state index contributed by atoms with van der Waals surface area (Å²) in [4.78, 5) is 29.1. The number of nitrogens with zero attached hydrogens (tertiary/aromatic N) is 3. The van der Waals surface area contributed by atoms with Gasteiger partial charge in [-0.1, -0.05) is 18.2 Å². The molecule has 7 nitrogen and oxygen atoms in total. The van der Waals surface area contributed by atoms with Gasteiger partial charge in [-0.3, -0.25) is 9.69 Å². The van der Waals surface area contributed by atoms with Crippen LogP contribution < -0.4 is 0 Å². The molecule has 0 aliphatic carbocycles. The van der Waals surface area contributed by atoms with Gasteiger partial charge in [-0.15, -0.1) is 0 Å². The van der Waals surface area contributed by atoms with Gasteiger partial charge in [0.05, 0.1) is 30.9 Å². The Bertz CT molecular complexity index is 960. The molecule has 3 rings (SSSR count). The molecule has 32 heavy (non-hydrogen) atoms. The molecule has 1 aliphatic heterocycles. The van der Waals surface area contributed by atoms with E-state index >= 15 is 0 Å². The van der Waals surface area contributed by atoms with E-state index < -0.39 is 0 Å². The van der Waals surface area contributed by atoms with Crippen molar-refractivity contribution in [2.75, 3.05) is 40.5 Å². The lowest BCUT2D eigenvalue weighted by atomic mass is 10.0. The van der Waals surface area contributed by atoms with Gasteiger partial charge in [0.15, 0.2) is 0 Å². The second kappa shape index (κ2) is 11.4. The molecule has 168 valence electrons. The molecule has 0 atom stereocenters. The van der Waals surface area contributed by atoms with E-state index in [0.717, 1.165) is 38.0 Å². The summed E-state index contributed by atoms with van der Waals surface area (Å²) in [5, 5.41) is 9.15. The molecule has 1 saturated heterocycles. The first-order valence-electron chi connectivity index (χ1n) is 10.8. The molecule has 1 fully saturated rings. The monoisotopic (exact) mass is 435 g/mol. The molecular formula is C25H29N3O4. The number of methoxy groups -OCH3 is 2. The quantitative estimate of drug-likeness (QED) is 0.593. The van der Waals surface area contributed by atoms with E-state index in [9.17, 15) is 9.59 Å². The van der Waals surface area contributed by atoms with Gasteiger partial charge in [-0.2, -0.15) is 5.26 Å². The van der Waals surface area contributed by atoms with Gasteiger partial charge in [0.1, 0.15) is 0 Å². The number of carbonyl (C=O) groups is 2. The molecule has 1 amide bonds. The number of esters is 1. The maximum atomic E-state index is 13.2. The Morgan fingerprint density at radius 3 is 2.44 bits per heavy atom. The number of nitriles is 1. The fourth-order valence-corrected chi connectivity index (χ4v) is 4.04. The Morgan fingerprint density at radius 1 is 1.09 bits per heavy atom. The Morgan fingerprint density at radius 2 is 1.81 bits per heavy atom. The van der Waals surface area contributed by atoms with Gasteiger partial charge in [0.25, 0.3) is 5.91 Å². The Labute approximate surface area is 189 Å². The van der Waals surface area contributed by atoms with Crippen molar-refractivity contribution < 1.29 is 19.1 Å². The predicted molar refractivity (Wildman–Crippen MR) is 120 cm³/mol. The van der Waals surface area contributed by atoms with Crippen LogP contribution in [0.25, 0.3) is 0 Å². The fourth-order valence-electron chi connectivity index (χ4n) is 4.04. The van der Waals surface area contributed by atoms with E-state index in [1.165, 1.54) is 7.11 Å². The molecule has 0 N–H and O–H groups in total. The Hall–Kier alpha value is -3.21. The SMILES string of the molecule is COCCN(C(=O)c1cccc(C#N)c1)C1CCN(Cc2ccc(C(=O)OC)cc2)CC1. The number of amides is 1. The number of rotatable bonds is 8. The minimum atomic E-state index is -0.335. The van der Waals surface area contributed by atoms with Crippen molar-refractivity contribution in [3.05, 3.63) is 70.8 Å². The predicted octanol–water partition coefficient (Wildman–Crippen LogP) is 3.10. The topological polar surface area (TPSA) is 82.9 Å².